The molecular formula is C10H17F3. The maximum atomic E-state index is 11.7. The molecule has 0 N–H and O–H groups in total. The van der Waals surface area contributed by atoms with Crippen molar-refractivity contribution < 1.29 is 13.2 Å². The van der Waals surface area contributed by atoms with E-state index < -0.39 is 12.6 Å². The van der Waals surface area contributed by atoms with E-state index in [9.17, 15) is 13.2 Å². The van der Waals surface area contributed by atoms with Gasteiger partial charge in [0, 0.05) is 6.42 Å². The van der Waals surface area contributed by atoms with Crippen molar-refractivity contribution in [3.8, 4) is 0 Å². The molecule has 0 heterocycles. The molecule has 0 fully saturated rings. The van der Waals surface area contributed by atoms with Gasteiger partial charge in [-0.3, -0.25) is 0 Å². The first-order chi connectivity index (χ1) is 6.06. The molecule has 0 aromatic rings. The second-order valence-electron chi connectivity index (χ2n) is 3.12. The van der Waals surface area contributed by atoms with Gasteiger partial charge >= 0.3 is 6.18 Å². The predicted molar refractivity (Wildman–Crippen MR) is 48.6 cm³/mol. The summed E-state index contributed by atoms with van der Waals surface area (Å²) in [5, 5.41) is 0. The molecule has 0 aromatic carbocycles. The maximum absolute atomic E-state index is 11.7. The largest absolute Gasteiger partial charge is 0.389 e. The molecule has 0 atom stereocenters. The van der Waals surface area contributed by atoms with Crippen molar-refractivity contribution in [2.24, 2.45) is 0 Å². The van der Waals surface area contributed by atoms with E-state index in [0.29, 0.717) is 6.42 Å². The van der Waals surface area contributed by atoms with Crippen LogP contribution in [-0.4, -0.2) is 6.18 Å². The summed E-state index contributed by atoms with van der Waals surface area (Å²) in [5.74, 6) is 0. The van der Waals surface area contributed by atoms with Gasteiger partial charge < -0.3 is 0 Å². The summed E-state index contributed by atoms with van der Waals surface area (Å²) in [7, 11) is 0. The number of alkyl halides is 3. The van der Waals surface area contributed by atoms with Gasteiger partial charge in [0.15, 0.2) is 0 Å². The lowest BCUT2D eigenvalue weighted by Gasteiger charge is -2.02. The summed E-state index contributed by atoms with van der Waals surface area (Å²) in [6, 6.07) is 0. The molecule has 0 spiro atoms. The topological polar surface area (TPSA) is 0 Å². The van der Waals surface area contributed by atoms with E-state index in [1.54, 1.807) is 0 Å². The van der Waals surface area contributed by atoms with Crippen molar-refractivity contribution in [2.75, 3.05) is 0 Å². The van der Waals surface area contributed by atoms with Crippen LogP contribution in [0.1, 0.15) is 45.4 Å². The minimum absolute atomic E-state index is 0.214. The molecular weight excluding hydrogens is 177 g/mol. The molecule has 0 aliphatic rings. The third-order valence-corrected chi connectivity index (χ3v) is 1.72. The van der Waals surface area contributed by atoms with Gasteiger partial charge in [-0.05, 0) is 19.3 Å². The maximum Gasteiger partial charge on any atom is 0.389 e. The van der Waals surface area contributed by atoms with Crippen LogP contribution in [0.2, 0.25) is 0 Å². The van der Waals surface area contributed by atoms with E-state index >= 15 is 0 Å². The Kier molecular flexibility index (Phi) is 6.73. The molecule has 0 aliphatic carbocycles. The Morgan fingerprint density at radius 2 is 1.54 bits per heavy atom. The van der Waals surface area contributed by atoms with Gasteiger partial charge in [-0.15, -0.1) is 0 Å². The van der Waals surface area contributed by atoms with Crippen molar-refractivity contribution in [1.82, 2.24) is 0 Å². The van der Waals surface area contributed by atoms with Crippen molar-refractivity contribution in [2.45, 2.75) is 51.6 Å². The zero-order valence-corrected chi connectivity index (χ0v) is 8.03. The third-order valence-electron chi connectivity index (χ3n) is 1.72. The molecule has 78 valence electrons. The molecule has 0 bridgehead atoms. The molecule has 0 rings (SSSR count). The van der Waals surface area contributed by atoms with Crippen LogP contribution in [0, 0.1) is 0 Å². The highest BCUT2D eigenvalue weighted by Gasteiger charge is 2.25. The average Bonchev–Trinajstić information content (AvgIpc) is 2.01. The Balaban J connectivity index is 3.20. The Bertz CT molecular complexity index is 136. The zero-order chi connectivity index (χ0) is 10.2. The zero-order valence-electron chi connectivity index (χ0n) is 8.03. The standard InChI is InChI=1S/C10H17F3/c1-2-3-4-5-6-7-8-9-10(11,12)13/h5-6H,2-4,7-9H2,1H3. The third kappa shape index (κ3) is 11.5. The van der Waals surface area contributed by atoms with Crippen LogP contribution < -0.4 is 0 Å². The first-order valence-corrected chi connectivity index (χ1v) is 4.78. The summed E-state index contributed by atoms with van der Waals surface area (Å²) >= 11 is 0. The van der Waals surface area contributed by atoms with Gasteiger partial charge in [-0.25, -0.2) is 0 Å². The van der Waals surface area contributed by atoms with Crippen molar-refractivity contribution in [1.29, 1.82) is 0 Å². The van der Waals surface area contributed by atoms with E-state index in [1.165, 1.54) is 0 Å². The monoisotopic (exact) mass is 194 g/mol. The van der Waals surface area contributed by atoms with Crippen LogP contribution in [0.3, 0.4) is 0 Å². The van der Waals surface area contributed by atoms with Crippen LogP contribution in [0.4, 0.5) is 13.2 Å². The van der Waals surface area contributed by atoms with Crippen LogP contribution in [-0.2, 0) is 0 Å². The van der Waals surface area contributed by atoms with E-state index in [0.717, 1.165) is 19.3 Å². The smallest absolute Gasteiger partial charge is 0.171 e. The molecule has 0 saturated carbocycles. The van der Waals surface area contributed by atoms with Gasteiger partial charge in [-0.1, -0.05) is 31.9 Å². The molecule has 13 heavy (non-hydrogen) atoms. The first kappa shape index (κ1) is 12.5. The quantitative estimate of drug-likeness (QED) is 0.432. The number of hydrogen-bond acceptors (Lipinski definition) is 0. The Morgan fingerprint density at radius 3 is 2.00 bits per heavy atom. The molecule has 0 unspecified atom stereocenters. The minimum atomic E-state index is -3.99. The minimum Gasteiger partial charge on any atom is -0.171 e. The fraction of sp³-hybridized carbons (Fsp3) is 0.800. The molecule has 0 amide bonds. The van der Waals surface area contributed by atoms with E-state index in [-0.39, 0.29) is 6.42 Å². The molecule has 0 saturated heterocycles. The number of halogens is 3. The predicted octanol–water partition coefficient (Wildman–Crippen LogP) is 4.47. The number of unbranched alkanes of at least 4 members (excludes halogenated alkanes) is 3. The number of rotatable bonds is 6. The van der Waals surface area contributed by atoms with Crippen LogP contribution in [0.5, 0.6) is 0 Å². The summed E-state index contributed by atoms with van der Waals surface area (Å²) < 4.78 is 35.0. The fourth-order valence-electron chi connectivity index (χ4n) is 0.978. The van der Waals surface area contributed by atoms with Crippen LogP contribution in [0.15, 0.2) is 12.2 Å². The highest BCUT2D eigenvalue weighted by atomic mass is 19.4. The van der Waals surface area contributed by atoms with Crippen molar-refractivity contribution >= 4 is 0 Å². The van der Waals surface area contributed by atoms with Crippen molar-refractivity contribution in [3.63, 3.8) is 0 Å². The fourth-order valence-corrected chi connectivity index (χ4v) is 0.978. The lowest BCUT2D eigenvalue weighted by atomic mass is 10.2. The van der Waals surface area contributed by atoms with Crippen LogP contribution >= 0.6 is 0 Å². The summed E-state index contributed by atoms with van der Waals surface area (Å²) in [5.41, 5.74) is 0. The highest BCUT2D eigenvalue weighted by Crippen LogP contribution is 2.22. The Labute approximate surface area is 77.8 Å². The van der Waals surface area contributed by atoms with Crippen LogP contribution in [0.25, 0.3) is 0 Å². The second-order valence-corrected chi connectivity index (χ2v) is 3.12. The van der Waals surface area contributed by atoms with Gasteiger partial charge in [0.1, 0.15) is 0 Å². The number of allylic oxidation sites excluding steroid dienone is 2. The molecule has 0 nitrogen and oxygen atoms in total. The molecule has 0 aliphatic heterocycles. The second kappa shape index (κ2) is 6.98. The normalized spacial score (nSPS) is 12.6. The van der Waals surface area contributed by atoms with E-state index in [2.05, 4.69) is 6.92 Å². The SMILES string of the molecule is CCCCC=CCCCC(F)(F)F. The number of hydrogen-bond donors (Lipinski definition) is 0. The van der Waals surface area contributed by atoms with Gasteiger partial charge in [0.05, 0.1) is 0 Å². The lowest BCUT2D eigenvalue weighted by molar-refractivity contribution is -0.135. The Hall–Kier alpha value is -0.470. The highest BCUT2D eigenvalue weighted by molar-refractivity contribution is 4.81. The van der Waals surface area contributed by atoms with E-state index in [4.69, 9.17) is 0 Å². The summed E-state index contributed by atoms with van der Waals surface area (Å²) in [4.78, 5) is 0. The Morgan fingerprint density at radius 1 is 1.00 bits per heavy atom. The summed E-state index contributed by atoms with van der Waals surface area (Å²) in [6.45, 7) is 2.09. The lowest BCUT2D eigenvalue weighted by Crippen LogP contribution is -2.05. The molecule has 0 radical (unpaired) electrons. The van der Waals surface area contributed by atoms with Gasteiger partial charge in [0.2, 0.25) is 0 Å². The van der Waals surface area contributed by atoms with Gasteiger partial charge in [-0.2, -0.15) is 13.2 Å². The average molecular weight is 194 g/mol. The molecule has 3 heteroatoms. The first-order valence-electron chi connectivity index (χ1n) is 4.78. The van der Waals surface area contributed by atoms with Crippen molar-refractivity contribution in [3.05, 3.63) is 12.2 Å². The molecule has 0 aromatic heterocycles. The van der Waals surface area contributed by atoms with Gasteiger partial charge in [0.25, 0.3) is 0 Å². The summed E-state index contributed by atoms with van der Waals surface area (Å²) in [6.07, 6.45) is 3.17. The van der Waals surface area contributed by atoms with E-state index in [1.807, 2.05) is 12.2 Å².